The molecule has 0 fully saturated rings. The van der Waals surface area contributed by atoms with Crippen LogP contribution in [0.4, 0.5) is 4.39 Å². The number of methoxy groups -OCH3 is 1. The lowest BCUT2D eigenvalue weighted by atomic mass is 10.1. The minimum absolute atomic E-state index is 0.102. The zero-order chi connectivity index (χ0) is 21.1. The summed E-state index contributed by atoms with van der Waals surface area (Å²) in [5.41, 5.74) is 3.08. The number of amides is 1. The van der Waals surface area contributed by atoms with Crippen molar-refractivity contribution in [1.82, 2.24) is 16.0 Å². The standard InChI is InChI=1S/C22H29FN4O2/c1-16-4-5-18(14-20(16)29-3)10-11-26-22(24-2)27-13-12-25-21(28)15-17-6-8-19(23)9-7-17/h4-9,14H,10-13,15H2,1-3H3,(H,25,28)(H2,24,26,27). The fourth-order valence-corrected chi connectivity index (χ4v) is 2.80. The Morgan fingerprint density at radius 2 is 1.66 bits per heavy atom. The summed E-state index contributed by atoms with van der Waals surface area (Å²) in [4.78, 5) is 16.1. The van der Waals surface area contributed by atoms with Gasteiger partial charge in [-0.25, -0.2) is 4.39 Å². The summed E-state index contributed by atoms with van der Waals surface area (Å²) in [6.45, 7) is 3.76. The molecule has 0 heterocycles. The van der Waals surface area contributed by atoms with Crippen LogP contribution in [0.3, 0.4) is 0 Å². The average molecular weight is 400 g/mol. The summed E-state index contributed by atoms with van der Waals surface area (Å²) >= 11 is 0. The highest BCUT2D eigenvalue weighted by molar-refractivity contribution is 5.80. The van der Waals surface area contributed by atoms with E-state index in [1.165, 1.54) is 17.7 Å². The number of ether oxygens (including phenoxy) is 1. The summed E-state index contributed by atoms with van der Waals surface area (Å²) in [5, 5.41) is 9.25. The maximum Gasteiger partial charge on any atom is 0.224 e. The number of aliphatic imine (C=N–C) groups is 1. The van der Waals surface area contributed by atoms with Gasteiger partial charge in [-0.05, 0) is 48.2 Å². The molecule has 0 aliphatic heterocycles. The molecule has 0 aromatic heterocycles. The number of hydrogen-bond acceptors (Lipinski definition) is 3. The van der Waals surface area contributed by atoms with Crippen molar-refractivity contribution < 1.29 is 13.9 Å². The van der Waals surface area contributed by atoms with E-state index in [2.05, 4.69) is 33.1 Å². The summed E-state index contributed by atoms with van der Waals surface area (Å²) in [6, 6.07) is 12.1. The van der Waals surface area contributed by atoms with Crippen LogP contribution in [-0.2, 0) is 17.6 Å². The molecular formula is C22H29FN4O2. The largest absolute Gasteiger partial charge is 0.496 e. The second-order valence-corrected chi connectivity index (χ2v) is 6.63. The molecule has 156 valence electrons. The third-order valence-corrected chi connectivity index (χ3v) is 4.42. The molecule has 0 aliphatic rings. The van der Waals surface area contributed by atoms with Crippen molar-refractivity contribution >= 4 is 11.9 Å². The Morgan fingerprint density at radius 1 is 1.00 bits per heavy atom. The SMILES string of the molecule is CN=C(NCCNC(=O)Cc1ccc(F)cc1)NCCc1ccc(C)c(OC)c1. The Kier molecular flexibility index (Phi) is 8.95. The molecule has 3 N–H and O–H groups in total. The van der Waals surface area contributed by atoms with Gasteiger partial charge in [0.1, 0.15) is 11.6 Å². The zero-order valence-corrected chi connectivity index (χ0v) is 17.2. The molecular weight excluding hydrogens is 371 g/mol. The molecule has 2 rings (SSSR count). The molecule has 29 heavy (non-hydrogen) atoms. The molecule has 1 amide bonds. The molecule has 0 unspecified atom stereocenters. The molecule has 0 saturated heterocycles. The van der Waals surface area contributed by atoms with Gasteiger partial charge in [-0.2, -0.15) is 0 Å². The number of nitrogens with one attached hydrogen (secondary N) is 3. The van der Waals surface area contributed by atoms with E-state index in [0.29, 0.717) is 19.0 Å². The summed E-state index contributed by atoms with van der Waals surface area (Å²) < 4.78 is 18.2. The zero-order valence-electron chi connectivity index (χ0n) is 17.2. The highest BCUT2D eigenvalue weighted by Gasteiger charge is 2.04. The van der Waals surface area contributed by atoms with Crippen LogP contribution < -0.4 is 20.7 Å². The number of carbonyl (C=O) groups excluding carboxylic acids is 1. The number of halogens is 1. The van der Waals surface area contributed by atoms with Crippen LogP contribution in [0.15, 0.2) is 47.5 Å². The molecule has 2 aromatic carbocycles. The second kappa shape index (κ2) is 11.7. The Labute approximate surface area is 171 Å². The molecule has 0 spiro atoms. The van der Waals surface area contributed by atoms with E-state index in [0.717, 1.165) is 29.8 Å². The minimum Gasteiger partial charge on any atom is -0.496 e. The number of carbonyl (C=O) groups is 1. The van der Waals surface area contributed by atoms with Crippen LogP contribution in [0.1, 0.15) is 16.7 Å². The summed E-state index contributed by atoms with van der Waals surface area (Å²) in [6.07, 6.45) is 1.07. The van der Waals surface area contributed by atoms with Gasteiger partial charge in [-0.3, -0.25) is 9.79 Å². The van der Waals surface area contributed by atoms with Crippen molar-refractivity contribution in [2.24, 2.45) is 4.99 Å². The van der Waals surface area contributed by atoms with Crippen molar-refractivity contribution in [2.45, 2.75) is 19.8 Å². The second-order valence-electron chi connectivity index (χ2n) is 6.63. The van der Waals surface area contributed by atoms with Gasteiger partial charge in [0.05, 0.1) is 13.5 Å². The predicted octanol–water partition coefficient (Wildman–Crippen LogP) is 2.21. The van der Waals surface area contributed by atoms with Crippen LogP contribution in [0.2, 0.25) is 0 Å². The monoisotopic (exact) mass is 400 g/mol. The van der Waals surface area contributed by atoms with E-state index in [1.54, 1.807) is 26.3 Å². The van der Waals surface area contributed by atoms with Crippen LogP contribution in [0, 0.1) is 12.7 Å². The highest BCUT2D eigenvalue weighted by atomic mass is 19.1. The van der Waals surface area contributed by atoms with Crippen LogP contribution in [0.25, 0.3) is 0 Å². The maximum absolute atomic E-state index is 12.9. The normalized spacial score (nSPS) is 11.1. The van der Waals surface area contributed by atoms with Gasteiger partial charge in [0.25, 0.3) is 0 Å². The fraction of sp³-hybridized carbons (Fsp3) is 0.364. The molecule has 0 aliphatic carbocycles. The number of benzene rings is 2. The van der Waals surface area contributed by atoms with Crippen molar-refractivity contribution in [3.63, 3.8) is 0 Å². The predicted molar refractivity (Wildman–Crippen MR) is 114 cm³/mol. The molecule has 0 atom stereocenters. The maximum atomic E-state index is 12.9. The van der Waals surface area contributed by atoms with Gasteiger partial charge in [-0.15, -0.1) is 0 Å². The molecule has 6 nitrogen and oxygen atoms in total. The number of hydrogen-bond donors (Lipinski definition) is 3. The van der Waals surface area contributed by atoms with E-state index < -0.39 is 0 Å². The van der Waals surface area contributed by atoms with Crippen molar-refractivity contribution in [3.8, 4) is 5.75 Å². The first-order valence-corrected chi connectivity index (χ1v) is 9.61. The Bertz CT molecular complexity index is 822. The van der Waals surface area contributed by atoms with E-state index in [1.807, 2.05) is 13.0 Å². The van der Waals surface area contributed by atoms with Gasteiger partial charge >= 0.3 is 0 Å². The van der Waals surface area contributed by atoms with Gasteiger partial charge in [0.15, 0.2) is 5.96 Å². The quantitative estimate of drug-likeness (QED) is 0.343. The third-order valence-electron chi connectivity index (χ3n) is 4.42. The lowest BCUT2D eigenvalue weighted by Crippen LogP contribution is -2.42. The average Bonchev–Trinajstić information content (AvgIpc) is 2.72. The van der Waals surface area contributed by atoms with E-state index >= 15 is 0 Å². The molecule has 2 aromatic rings. The van der Waals surface area contributed by atoms with Crippen LogP contribution in [-0.4, -0.2) is 45.7 Å². The first kappa shape index (κ1) is 22.2. The number of guanidine groups is 1. The van der Waals surface area contributed by atoms with Gasteiger partial charge in [0.2, 0.25) is 5.91 Å². The summed E-state index contributed by atoms with van der Waals surface area (Å²) in [7, 11) is 3.38. The molecule has 0 bridgehead atoms. The molecule has 0 saturated carbocycles. The van der Waals surface area contributed by atoms with E-state index in [-0.39, 0.29) is 18.1 Å². The van der Waals surface area contributed by atoms with Crippen molar-refractivity contribution in [1.29, 1.82) is 0 Å². The van der Waals surface area contributed by atoms with Crippen molar-refractivity contribution in [2.75, 3.05) is 33.8 Å². The van der Waals surface area contributed by atoms with Gasteiger partial charge < -0.3 is 20.7 Å². The Hall–Kier alpha value is -3.09. The molecule has 7 heteroatoms. The minimum atomic E-state index is -0.307. The van der Waals surface area contributed by atoms with Crippen molar-refractivity contribution in [3.05, 3.63) is 65.0 Å². The Morgan fingerprint density at radius 3 is 2.34 bits per heavy atom. The van der Waals surface area contributed by atoms with E-state index in [9.17, 15) is 9.18 Å². The van der Waals surface area contributed by atoms with Gasteiger partial charge in [-0.1, -0.05) is 24.3 Å². The number of nitrogens with zero attached hydrogens (tertiary/aromatic N) is 1. The van der Waals surface area contributed by atoms with E-state index in [4.69, 9.17) is 4.74 Å². The smallest absolute Gasteiger partial charge is 0.224 e. The topological polar surface area (TPSA) is 74.8 Å². The van der Waals surface area contributed by atoms with Crippen LogP contribution in [0.5, 0.6) is 5.75 Å². The first-order chi connectivity index (χ1) is 14.0. The third kappa shape index (κ3) is 7.81. The lowest BCUT2D eigenvalue weighted by molar-refractivity contribution is -0.120. The fourth-order valence-electron chi connectivity index (χ4n) is 2.80. The lowest BCUT2D eigenvalue weighted by Gasteiger charge is -2.13. The number of aryl methyl sites for hydroxylation is 1. The van der Waals surface area contributed by atoms with Gasteiger partial charge in [0, 0.05) is 26.7 Å². The first-order valence-electron chi connectivity index (χ1n) is 9.61. The summed E-state index contributed by atoms with van der Waals surface area (Å²) in [5.74, 6) is 1.16. The Balaban J connectivity index is 1.64. The molecule has 0 radical (unpaired) electrons. The van der Waals surface area contributed by atoms with Crippen LogP contribution >= 0.6 is 0 Å². The highest BCUT2D eigenvalue weighted by Crippen LogP contribution is 2.18. The number of rotatable bonds is 9.